The predicted molar refractivity (Wildman–Crippen MR) is 109 cm³/mol. The third-order valence-corrected chi connectivity index (χ3v) is 6.10. The Balaban J connectivity index is 2.16. The first-order valence-corrected chi connectivity index (χ1v) is 10.3. The number of rotatable bonds is 8. The van der Waals surface area contributed by atoms with Gasteiger partial charge in [0, 0.05) is 13.1 Å². The molecule has 10 heteroatoms. The zero-order valence-corrected chi connectivity index (χ0v) is 17.4. The van der Waals surface area contributed by atoms with E-state index in [9.17, 15) is 23.3 Å². The molecule has 2 aromatic carbocycles. The minimum Gasteiger partial charge on any atom is -0.494 e. The fourth-order valence-electron chi connectivity index (χ4n) is 2.71. The molecule has 0 aromatic heterocycles. The summed E-state index contributed by atoms with van der Waals surface area (Å²) in [6.07, 6.45) is 0. The molecule has 9 nitrogen and oxygen atoms in total. The number of sulfonamides is 1. The van der Waals surface area contributed by atoms with E-state index in [4.69, 9.17) is 4.74 Å². The summed E-state index contributed by atoms with van der Waals surface area (Å²) in [6.45, 7) is 5.10. The zero-order valence-electron chi connectivity index (χ0n) is 16.6. The van der Waals surface area contributed by atoms with E-state index in [1.54, 1.807) is 13.0 Å². The SMILES string of the molecule is CCOc1ccc(S(=O)(=O)N(C)CC(=O)Nc2cccc([N+](=O)[O-])c2C)cc1C. The summed E-state index contributed by atoms with van der Waals surface area (Å²) in [5.41, 5.74) is 1.08. The number of aryl methyl sites for hydroxylation is 1. The Morgan fingerprint density at radius 2 is 1.93 bits per heavy atom. The molecule has 0 spiro atoms. The van der Waals surface area contributed by atoms with Gasteiger partial charge in [0.1, 0.15) is 5.75 Å². The van der Waals surface area contributed by atoms with Crippen LogP contribution in [-0.2, 0) is 14.8 Å². The van der Waals surface area contributed by atoms with Crippen molar-refractivity contribution >= 4 is 27.3 Å². The molecule has 0 aliphatic rings. The predicted octanol–water partition coefficient (Wildman–Crippen LogP) is 2.87. The number of carbonyl (C=O) groups excluding carboxylic acids is 1. The topological polar surface area (TPSA) is 119 Å². The molecule has 0 saturated heterocycles. The van der Waals surface area contributed by atoms with Crippen LogP contribution in [0.15, 0.2) is 41.3 Å². The molecule has 1 amide bonds. The number of ether oxygens (including phenoxy) is 1. The molecule has 2 aromatic rings. The average Bonchev–Trinajstić information content (AvgIpc) is 2.64. The Kier molecular flexibility index (Phi) is 6.93. The molecule has 0 aliphatic heterocycles. The molecule has 0 heterocycles. The highest BCUT2D eigenvalue weighted by molar-refractivity contribution is 7.89. The lowest BCUT2D eigenvalue weighted by atomic mass is 10.1. The van der Waals surface area contributed by atoms with Gasteiger partial charge in [0.25, 0.3) is 5.69 Å². The van der Waals surface area contributed by atoms with Crippen molar-refractivity contribution in [1.82, 2.24) is 4.31 Å². The molecule has 0 bridgehead atoms. The molecule has 0 aliphatic carbocycles. The molecule has 0 fully saturated rings. The van der Waals surface area contributed by atoms with Crippen LogP contribution in [0.1, 0.15) is 18.1 Å². The van der Waals surface area contributed by atoms with E-state index in [-0.39, 0.29) is 16.3 Å². The first-order valence-electron chi connectivity index (χ1n) is 8.81. The zero-order chi connectivity index (χ0) is 21.8. The number of nitro groups is 1. The van der Waals surface area contributed by atoms with Crippen LogP contribution >= 0.6 is 0 Å². The Labute approximate surface area is 169 Å². The minimum absolute atomic E-state index is 0.0419. The van der Waals surface area contributed by atoms with Crippen molar-refractivity contribution in [3.63, 3.8) is 0 Å². The highest BCUT2D eigenvalue weighted by Gasteiger charge is 2.24. The summed E-state index contributed by atoms with van der Waals surface area (Å²) >= 11 is 0. The van der Waals surface area contributed by atoms with E-state index in [0.29, 0.717) is 23.5 Å². The van der Waals surface area contributed by atoms with Gasteiger partial charge < -0.3 is 10.1 Å². The Morgan fingerprint density at radius 3 is 2.52 bits per heavy atom. The number of hydrogen-bond acceptors (Lipinski definition) is 6. The van der Waals surface area contributed by atoms with Crippen molar-refractivity contribution < 1.29 is 22.9 Å². The second-order valence-corrected chi connectivity index (χ2v) is 8.42. The fourth-order valence-corrected chi connectivity index (χ4v) is 3.93. The fraction of sp³-hybridized carbons (Fsp3) is 0.316. The average molecular weight is 421 g/mol. The van der Waals surface area contributed by atoms with E-state index in [1.807, 2.05) is 6.92 Å². The normalized spacial score (nSPS) is 11.3. The van der Waals surface area contributed by atoms with Gasteiger partial charge in [-0.05, 0) is 50.6 Å². The summed E-state index contributed by atoms with van der Waals surface area (Å²) in [5, 5.41) is 13.5. The molecule has 1 N–H and O–H groups in total. The molecular weight excluding hydrogens is 398 g/mol. The van der Waals surface area contributed by atoms with Crippen LogP contribution in [0.3, 0.4) is 0 Å². The second kappa shape index (κ2) is 9.01. The standard InChI is InChI=1S/C19H23N3O6S/c1-5-28-18-10-9-15(11-13(18)2)29(26,27)21(4)12-19(23)20-16-7-6-8-17(14(16)3)22(24)25/h6-11H,5,12H2,1-4H3,(H,20,23). The summed E-state index contributed by atoms with van der Waals surface area (Å²) in [5.74, 6) is -0.0182. The van der Waals surface area contributed by atoms with Crippen LogP contribution in [0.5, 0.6) is 5.75 Å². The number of anilines is 1. The highest BCUT2D eigenvalue weighted by atomic mass is 32.2. The van der Waals surface area contributed by atoms with Crippen molar-refractivity contribution in [2.24, 2.45) is 0 Å². The molecule has 29 heavy (non-hydrogen) atoms. The first kappa shape index (κ1) is 22.3. The van der Waals surface area contributed by atoms with Crippen LogP contribution in [0.4, 0.5) is 11.4 Å². The van der Waals surface area contributed by atoms with E-state index < -0.39 is 27.4 Å². The number of benzene rings is 2. The molecule has 0 saturated carbocycles. The Hall–Kier alpha value is -2.98. The van der Waals surface area contributed by atoms with Gasteiger partial charge in [-0.2, -0.15) is 4.31 Å². The number of carbonyl (C=O) groups is 1. The third-order valence-electron chi connectivity index (χ3n) is 4.30. The molecule has 0 radical (unpaired) electrons. The maximum atomic E-state index is 12.8. The molecular formula is C19H23N3O6S. The highest BCUT2D eigenvalue weighted by Crippen LogP contribution is 2.26. The van der Waals surface area contributed by atoms with Crippen LogP contribution < -0.4 is 10.1 Å². The molecule has 0 atom stereocenters. The minimum atomic E-state index is -3.90. The number of nitro benzene ring substituents is 1. The van der Waals surface area contributed by atoms with Crippen LogP contribution in [0.25, 0.3) is 0 Å². The number of nitrogens with one attached hydrogen (secondary N) is 1. The molecule has 156 valence electrons. The summed E-state index contributed by atoms with van der Waals surface area (Å²) in [7, 11) is -2.61. The maximum absolute atomic E-state index is 12.8. The summed E-state index contributed by atoms with van der Waals surface area (Å²) < 4.78 is 31.9. The van der Waals surface area contributed by atoms with Crippen LogP contribution in [0, 0.1) is 24.0 Å². The van der Waals surface area contributed by atoms with Gasteiger partial charge in [0.15, 0.2) is 0 Å². The molecule has 0 unspecified atom stereocenters. The van der Waals surface area contributed by atoms with Crippen molar-refractivity contribution in [3.05, 3.63) is 57.6 Å². The van der Waals surface area contributed by atoms with Gasteiger partial charge in [0.2, 0.25) is 15.9 Å². The largest absolute Gasteiger partial charge is 0.494 e. The van der Waals surface area contributed by atoms with E-state index in [1.165, 1.54) is 44.3 Å². The van der Waals surface area contributed by atoms with Crippen molar-refractivity contribution in [2.45, 2.75) is 25.7 Å². The van der Waals surface area contributed by atoms with E-state index in [2.05, 4.69) is 5.32 Å². The number of amides is 1. The van der Waals surface area contributed by atoms with Gasteiger partial charge in [-0.15, -0.1) is 0 Å². The maximum Gasteiger partial charge on any atom is 0.274 e. The number of likely N-dealkylation sites (N-methyl/N-ethyl adjacent to an activating group) is 1. The Morgan fingerprint density at radius 1 is 1.24 bits per heavy atom. The van der Waals surface area contributed by atoms with Gasteiger partial charge in [-0.25, -0.2) is 8.42 Å². The van der Waals surface area contributed by atoms with Crippen molar-refractivity contribution in [3.8, 4) is 5.75 Å². The monoisotopic (exact) mass is 421 g/mol. The molecule has 2 rings (SSSR count). The van der Waals surface area contributed by atoms with Gasteiger partial charge >= 0.3 is 0 Å². The van der Waals surface area contributed by atoms with Gasteiger partial charge in [-0.3, -0.25) is 14.9 Å². The van der Waals surface area contributed by atoms with Gasteiger partial charge in [0.05, 0.1) is 34.2 Å². The van der Waals surface area contributed by atoms with Crippen molar-refractivity contribution in [1.29, 1.82) is 0 Å². The first-order chi connectivity index (χ1) is 13.6. The van der Waals surface area contributed by atoms with Crippen LogP contribution in [0.2, 0.25) is 0 Å². The van der Waals surface area contributed by atoms with Crippen LogP contribution in [-0.4, -0.2) is 43.8 Å². The summed E-state index contributed by atoms with van der Waals surface area (Å²) in [4.78, 5) is 22.8. The van der Waals surface area contributed by atoms with E-state index in [0.717, 1.165) is 4.31 Å². The van der Waals surface area contributed by atoms with Gasteiger partial charge in [-0.1, -0.05) is 6.07 Å². The quantitative estimate of drug-likeness (QED) is 0.517. The smallest absolute Gasteiger partial charge is 0.274 e. The second-order valence-electron chi connectivity index (χ2n) is 6.38. The third kappa shape index (κ3) is 5.09. The van der Waals surface area contributed by atoms with E-state index >= 15 is 0 Å². The van der Waals surface area contributed by atoms with Crippen molar-refractivity contribution in [2.75, 3.05) is 25.5 Å². The lowest BCUT2D eigenvalue weighted by Gasteiger charge is -2.18. The number of nitrogens with zero attached hydrogens (tertiary/aromatic N) is 2. The number of hydrogen-bond donors (Lipinski definition) is 1. The summed E-state index contributed by atoms with van der Waals surface area (Å²) in [6, 6.07) is 8.78. The lowest BCUT2D eigenvalue weighted by molar-refractivity contribution is -0.385. The Bertz CT molecular complexity index is 1040. The lowest BCUT2D eigenvalue weighted by Crippen LogP contribution is -2.35.